The maximum Gasteiger partial charge on any atom is 0.338 e. The average Bonchev–Trinajstić information content (AvgIpc) is 3.24. The van der Waals surface area contributed by atoms with E-state index >= 15 is 0 Å². The van der Waals surface area contributed by atoms with Crippen molar-refractivity contribution >= 4 is 35.0 Å². The molecule has 0 radical (unpaired) electrons. The van der Waals surface area contributed by atoms with Gasteiger partial charge in [-0.1, -0.05) is 35.1 Å². The fourth-order valence-electron chi connectivity index (χ4n) is 3.31. The summed E-state index contributed by atoms with van der Waals surface area (Å²) in [5, 5.41) is 0.565. The number of ether oxygens (including phenoxy) is 1. The summed E-state index contributed by atoms with van der Waals surface area (Å²) in [5.74, 6) is 0.814. The second-order valence-corrected chi connectivity index (χ2v) is 8.02. The third kappa shape index (κ3) is 3.47. The van der Waals surface area contributed by atoms with Gasteiger partial charge in [0.1, 0.15) is 11.5 Å². The predicted octanol–water partition coefficient (Wildman–Crippen LogP) is 2.96. The molecule has 3 aromatic rings. The molecule has 1 unspecified atom stereocenters. The van der Waals surface area contributed by atoms with E-state index in [1.807, 2.05) is 13.0 Å². The van der Waals surface area contributed by atoms with Gasteiger partial charge in [-0.2, -0.15) is 0 Å². The smallest absolute Gasteiger partial charge is 0.338 e. The first-order chi connectivity index (χ1) is 13.9. The Kier molecular flexibility index (Phi) is 5.02. The first-order valence-electron chi connectivity index (χ1n) is 8.82. The van der Waals surface area contributed by atoms with Crippen LogP contribution < -0.4 is 14.9 Å². The van der Waals surface area contributed by atoms with E-state index < -0.39 is 12.0 Å². The zero-order valence-corrected chi connectivity index (χ0v) is 17.5. The molecule has 0 saturated carbocycles. The summed E-state index contributed by atoms with van der Waals surface area (Å²) in [6.07, 6.45) is 1.69. The number of aryl methyl sites for hydroxylation is 1. The normalized spacial score (nSPS) is 16.6. The Balaban J connectivity index is 1.98. The number of nitrogens with zero attached hydrogens (tertiary/aromatic N) is 2. The quantitative estimate of drug-likeness (QED) is 0.601. The van der Waals surface area contributed by atoms with Crippen molar-refractivity contribution in [2.75, 3.05) is 7.11 Å². The highest BCUT2D eigenvalue weighted by atomic mass is 35.5. The maximum atomic E-state index is 13.3. The van der Waals surface area contributed by atoms with Crippen LogP contribution in [0.4, 0.5) is 0 Å². The molecule has 8 heteroatoms. The van der Waals surface area contributed by atoms with E-state index in [-0.39, 0.29) is 5.56 Å². The summed E-state index contributed by atoms with van der Waals surface area (Å²) < 4.78 is 12.5. The molecular weight excluding hydrogens is 412 g/mol. The van der Waals surface area contributed by atoms with Gasteiger partial charge in [-0.15, -0.1) is 0 Å². The van der Waals surface area contributed by atoms with Crippen LogP contribution in [-0.2, 0) is 9.53 Å². The lowest BCUT2D eigenvalue weighted by Crippen LogP contribution is -2.39. The van der Waals surface area contributed by atoms with Crippen LogP contribution in [0.25, 0.3) is 6.08 Å². The first kappa shape index (κ1) is 19.4. The van der Waals surface area contributed by atoms with Gasteiger partial charge in [0, 0.05) is 11.1 Å². The number of hydrogen-bond donors (Lipinski definition) is 0. The van der Waals surface area contributed by atoms with Crippen molar-refractivity contribution in [1.29, 1.82) is 0 Å². The van der Waals surface area contributed by atoms with Gasteiger partial charge in [0.05, 0.1) is 29.0 Å². The van der Waals surface area contributed by atoms with Crippen molar-refractivity contribution in [3.63, 3.8) is 0 Å². The van der Waals surface area contributed by atoms with E-state index in [2.05, 4.69) is 4.99 Å². The Morgan fingerprint density at radius 2 is 1.97 bits per heavy atom. The molecule has 148 valence electrons. The third-order valence-corrected chi connectivity index (χ3v) is 5.88. The molecule has 1 atom stereocenters. The Hall–Kier alpha value is -2.90. The summed E-state index contributed by atoms with van der Waals surface area (Å²) in [6.45, 7) is 3.58. The van der Waals surface area contributed by atoms with Crippen LogP contribution in [-0.4, -0.2) is 17.6 Å². The van der Waals surface area contributed by atoms with Gasteiger partial charge < -0.3 is 9.15 Å². The molecule has 29 heavy (non-hydrogen) atoms. The number of allylic oxidation sites excluding steroid dienone is 1. The molecule has 0 saturated heterocycles. The van der Waals surface area contributed by atoms with E-state index in [9.17, 15) is 9.59 Å². The summed E-state index contributed by atoms with van der Waals surface area (Å²) in [5.41, 5.74) is 1.32. The highest BCUT2D eigenvalue weighted by Crippen LogP contribution is 2.31. The number of esters is 1. The topological polar surface area (TPSA) is 73.8 Å². The largest absolute Gasteiger partial charge is 0.466 e. The van der Waals surface area contributed by atoms with Gasteiger partial charge in [-0.25, -0.2) is 9.79 Å². The number of carbonyl (C=O) groups is 1. The minimum Gasteiger partial charge on any atom is -0.466 e. The standard InChI is InChI=1S/C21H17ClN2O4S/c1-11-4-9-15(28-11)10-16-19(25)24-18(13-5-7-14(22)8-6-13)17(20(26)27-3)12(2)23-21(24)29-16/h4-10,18H,1-3H3/b16-10+. The SMILES string of the molecule is COC(=O)C1=C(C)N=c2s/c(=C/c3ccc(C)o3)c(=O)n2C1c1ccc(Cl)cc1. The summed E-state index contributed by atoms with van der Waals surface area (Å²) in [7, 11) is 1.31. The van der Waals surface area contributed by atoms with Crippen LogP contribution in [0.5, 0.6) is 0 Å². The number of aromatic nitrogens is 1. The van der Waals surface area contributed by atoms with Gasteiger partial charge in [0.2, 0.25) is 0 Å². The van der Waals surface area contributed by atoms with Crippen LogP contribution in [0.1, 0.15) is 30.0 Å². The lowest BCUT2D eigenvalue weighted by Gasteiger charge is -2.24. The number of benzene rings is 1. The van der Waals surface area contributed by atoms with E-state index in [0.29, 0.717) is 31.4 Å². The number of rotatable bonds is 3. The zero-order valence-electron chi connectivity index (χ0n) is 15.9. The van der Waals surface area contributed by atoms with Gasteiger partial charge in [0.25, 0.3) is 5.56 Å². The van der Waals surface area contributed by atoms with Crippen LogP contribution in [0.2, 0.25) is 5.02 Å². The second-order valence-electron chi connectivity index (χ2n) is 6.57. The summed E-state index contributed by atoms with van der Waals surface area (Å²) in [4.78, 5) is 30.8. The van der Waals surface area contributed by atoms with Crippen molar-refractivity contribution in [1.82, 2.24) is 4.57 Å². The number of hydrogen-bond acceptors (Lipinski definition) is 6. The lowest BCUT2D eigenvalue weighted by molar-refractivity contribution is -0.136. The third-order valence-electron chi connectivity index (χ3n) is 4.65. The molecule has 1 aliphatic rings. The van der Waals surface area contributed by atoms with Gasteiger partial charge in [-0.3, -0.25) is 9.36 Å². The molecule has 0 aliphatic carbocycles. The fourth-order valence-corrected chi connectivity index (χ4v) is 4.47. The predicted molar refractivity (Wildman–Crippen MR) is 111 cm³/mol. The van der Waals surface area contributed by atoms with Crippen molar-refractivity contribution < 1.29 is 13.9 Å². The Bertz CT molecular complexity index is 1310. The van der Waals surface area contributed by atoms with Crippen molar-refractivity contribution in [3.8, 4) is 0 Å². The molecule has 0 spiro atoms. The highest BCUT2D eigenvalue weighted by molar-refractivity contribution is 7.07. The molecule has 0 fully saturated rings. The van der Waals surface area contributed by atoms with Crippen LogP contribution in [0.3, 0.4) is 0 Å². The lowest BCUT2D eigenvalue weighted by atomic mass is 9.96. The van der Waals surface area contributed by atoms with E-state index in [0.717, 1.165) is 11.3 Å². The Morgan fingerprint density at radius 3 is 2.59 bits per heavy atom. The van der Waals surface area contributed by atoms with Crippen molar-refractivity contribution in [2.24, 2.45) is 4.99 Å². The molecule has 4 rings (SSSR count). The Morgan fingerprint density at radius 1 is 1.24 bits per heavy atom. The van der Waals surface area contributed by atoms with Crippen LogP contribution >= 0.6 is 22.9 Å². The summed E-state index contributed by atoms with van der Waals surface area (Å²) >= 11 is 7.28. The molecular formula is C21H17ClN2O4S. The average molecular weight is 429 g/mol. The number of furan rings is 1. The number of thiazole rings is 1. The number of halogens is 1. The Labute approximate surface area is 175 Å². The number of methoxy groups -OCH3 is 1. The van der Waals surface area contributed by atoms with E-state index in [1.165, 1.54) is 23.0 Å². The molecule has 6 nitrogen and oxygen atoms in total. The monoisotopic (exact) mass is 428 g/mol. The van der Waals surface area contributed by atoms with Gasteiger partial charge >= 0.3 is 5.97 Å². The molecule has 1 aromatic carbocycles. The molecule has 1 aliphatic heterocycles. The number of carbonyl (C=O) groups excluding carboxylic acids is 1. The minimum absolute atomic E-state index is 0.253. The second kappa shape index (κ2) is 7.50. The van der Waals surface area contributed by atoms with Crippen LogP contribution in [0, 0.1) is 6.92 Å². The first-order valence-corrected chi connectivity index (χ1v) is 10.0. The van der Waals surface area contributed by atoms with Crippen LogP contribution in [0.15, 0.2) is 61.9 Å². The van der Waals surface area contributed by atoms with Crippen molar-refractivity contribution in [3.05, 3.63) is 89.5 Å². The van der Waals surface area contributed by atoms with E-state index in [1.54, 1.807) is 43.3 Å². The molecule has 0 amide bonds. The zero-order chi connectivity index (χ0) is 20.7. The fraction of sp³-hybridized carbons (Fsp3) is 0.190. The van der Waals surface area contributed by atoms with Gasteiger partial charge in [-0.05, 0) is 43.7 Å². The maximum absolute atomic E-state index is 13.3. The molecule has 2 aromatic heterocycles. The summed E-state index contributed by atoms with van der Waals surface area (Å²) in [6, 6.07) is 10.0. The van der Waals surface area contributed by atoms with E-state index in [4.69, 9.17) is 20.8 Å². The number of fused-ring (bicyclic) bond motifs is 1. The molecule has 3 heterocycles. The molecule has 0 bridgehead atoms. The molecule has 0 N–H and O–H groups in total. The minimum atomic E-state index is -0.656. The highest BCUT2D eigenvalue weighted by Gasteiger charge is 2.33. The van der Waals surface area contributed by atoms with Gasteiger partial charge in [0.15, 0.2) is 4.80 Å². The van der Waals surface area contributed by atoms with Crippen molar-refractivity contribution in [2.45, 2.75) is 19.9 Å².